The van der Waals surface area contributed by atoms with Crippen molar-refractivity contribution >= 4 is 16.6 Å². The Morgan fingerprint density at radius 3 is 2.38 bits per heavy atom. The number of nitrogens with one attached hydrogen (secondary N) is 1. The summed E-state index contributed by atoms with van der Waals surface area (Å²) >= 11 is 0. The highest BCUT2D eigenvalue weighted by atomic mass is 16.5. The molecule has 0 radical (unpaired) electrons. The van der Waals surface area contributed by atoms with Crippen LogP contribution in [-0.2, 0) is 0 Å². The second-order valence-electron chi connectivity index (χ2n) is 5.08. The molecule has 3 rings (SSSR count). The molecule has 3 N–H and O–H groups in total. The molecule has 24 heavy (non-hydrogen) atoms. The molecule has 2 aromatic carbocycles. The number of H-pyrrole nitrogens is 1. The van der Waals surface area contributed by atoms with Crippen LogP contribution in [0.25, 0.3) is 21.9 Å². The first-order valence-corrected chi connectivity index (χ1v) is 7.04. The van der Waals surface area contributed by atoms with Crippen LogP contribution in [0.15, 0.2) is 41.2 Å². The molecule has 1 aromatic heterocycles. The van der Waals surface area contributed by atoms with Gasteiger partial charge >= 0.3 is 0 Å². The van der Waals surface area contributed by atoms with Crippen molar-refractivity contribution in [1.29, 1.82) is 10.5 Å². The molecular weight excluding hydrogens is 304 g/mol. The van der Waals surface area contributed by atoms with E-state index in [-0.39, 0.29) is 22.5 Å². The first kappa shape index (κ1) is 15.1. The molecule has 0 aliphatic carbocycles. The molecule has 0 amide bonds. The summed E-state index contributed by atoms with van der Waals surface area (Å²) in [4.78, 5) is 14.5. The molecule has 0 saturated heterocycles. The summed E-state index contributed by atoms with van der Waals surface area (Å²) in [5.41, 5.74) is 5.84. The van der Waals surface area contributed by atoms with Gasteiger partial charge in [-0.05, 0) is 17.0 Å². The van der Waals surface area contributed by atoms with E-state index in [0.717, 1.165) is 5.39 Å². The van der Waals surface area contributed by atoms with Crippen LogP contribution in [0.2, 0.25) is 0 Å². The first-order chi connectivity index (χ1) is 11.6. The van der Waals surface area contributed by atoms with E-state index < -0.39 is 5.56 Å². The number of hydrogen-bond donors (Lipinski definition) is 2. The zero-order chi connectivity index (χ0) is 17.3. The maximum atomic E-state index is 12.1. The Hall–Kier alpha value is -3.77. The molecule has 0 atom stereocenters. The van der Waals surface area contributed by atoms with Gasteiger partial charge in [-0.3, -0.25) is 4.79 Å². The molecule has 0 aliphatic rings. The summed E-state index contributed by atoms with van der Waals surface area (Å²) in [6.45, 7) is 0. The van der Waals surface area contributed by atoms with Gasteiger partial charge in [-0.2, -0.15) is 10.5 Å². The fraction of sp³-hybridized carbons (Fsp3) is 0.0556. The van der Waals surface area contributed by atoms with Gasteiger partial charge in [-0.25, -0.2) is 0 Å². The number of benzene rings is 2. The molecule has 6 heteroatoms. The maximum absolute atomic E-state index is 12.1. The van der Waals surface area contributed by atoms with Gasteiger partial charge in [0.1, 0.15) is 34.8 Å². The van der Waals surface area contributed by atoms with Gasteiger partial charge in [0.25, 0.3) is 5.56 Å². The van der Waals surface area contributed by atoms with Crippen molar-refractivity contribution in [3.63, 3.8) is 0 Å². The van der Waals surface area contributed by atoms with Gasteiger partial charge in [-0.15, -0.1) is 0 Å². The lowest BCUT2D eigenvalue weighted by Gasteiger charge is -2.14. The molecule has 0 spiro atoms. The fourth-order valence-corrected chi connectivity index (χ4v) is 2.80. The van der Waals surface area contributed by atoms with E-state index in [9.17, 15) is 15.3 Å². The lowest BCUT2D eigenvalue weighted by Crippen LogP contribution is -2.16. The Bertz CT molecular complexity index is 1100. The molecule has 1 heterocycles. The second-order valence-corrected chi connectivity index (χ2v) is 5.08. The van der Waals surface area contributed by atoms with Crippen LogP contribution in [0, 0.1) is 22.7 Å². The van der Waals surface area contributed by atoms with Gasteiger partial charge in [0, 0.05) is 10.9 Å². The number of rotatable bonds is 2. The van der Waals surface area contributed by atoms with Crippen molar-refractivity contribution in [2.45, 2.75) is 0 Å². The topological polar surface area (TPSA) is 116 Å². The summed E-state index contributed by atoms with van der Waals surface area (Å²) in [5.74, 6) is 0.512. The highest BCUT2D eigenvalue weighted by Crippen LogP contribution is 2.38. The highest BCUT2D eigenvalue weighted by molar-refractivity contribution is 6.03. The number of nitrogens with two attached hydrogens (primary N) is 1. The van der Waals surface area contributed by atoms with E-state index in [1.807, 2.05) is 30.3 Å². The molecule has 0 unspecified atom stereocenters. The minimum Gasteiger partial charge on any atom is -0.496 e. The van der Waals surface area contributed by atoms with Crippen LogP contribution in [0.5, 0.6) is 5.75 Å². The van der Waals surface area contributed by atoms with Gasteiger partial charge in [0.15, 0.2) is 0 Å². The van der Waals surface area contributed by atoms with Gasteiger partial charge < -0.3 is 15.5 Å². The molecule has 0 fully saturated rings. The number of methoxy groups -OCH3 is 1. The van der Waals surface area contributed by atoms with E-state index in [1.54, 1.807) is 18.2 Å². The minimum atomic E-state index is -0.629. The summed E-state index contributed by atoms with van der Waals surface area (Å²) in [6, 6.07) is 14.8. The van der Waals surface area contributed by atoms with Gasteiger partial charge in [0.2, 0.25) is 0 Å². The van der Waals surface area contributed by atoms with Crippen molar-refractivity contribution in [1.82, 2.24) is 4.98 Å². The SMILES string of the molecule is COc1cccc2cccc(-c3c(C#N)c(N)[nH]c(=O)c3C#N)c12. The molecular formula is C18H12N4O2. The standard InChI is InChI=1S/C18H12N4O2/c1-24-14-7-3-5-10-4-2-6-11(15(10)14)16-12(8-19)17(21)22-18(23)13(16)9-20/h2-7H,1H3,(H3,21,22,23). The largest absolute Gasteiger partial charge is 0.496 e. The van der Waals surface area contributed by atoms with Gasteiger partial charge in [-0.1, -0.05) is 30.3 Å². The van der Waals surface area contributed by atoms with Crippen LogP contribution < -0.4 is 16.0 Å². The molecule has 0 saturated carbocycles. The highest BCUT2D eigenvalue weighted by Gasteiger charge is 2.20. The molecule has 6 nitrogen and oxygen atoms in total. The smallest absolute Gasteiger partial charge is 0.268 e. The van der Waals surface area contributed by atoms with Gasteiger partial charge in [0.05, 0.1) is 7.11 Å². The lowest BCUT2D eigenvalue weighted by atomic mass is 9.92. The number of aromatic nitrogens is 1. The van der Waals surface area contributed by atoms with E-state index in [1.165, 1.54) is 7.11 Å². The molecule has 3 aromatic rings. The van der Waals surface area contributed by atoms with E-state index in [4.69, 9.17) is 10.5 Å². The number of nitrogens with zero attached hydrogens (tertiary/aromatic N) is 2. The summed E-state index contributed by atoms with van der Waals surface area (Å²) < 4.78 is 5.41. The number of fused-ring (bicyclic) bond motifs is 1. The maximum Gasteiger partial charge on any atom is 0.268 e. The normalized spacial score (nSPS) is 10.1. The second kappa shape index (κ2) is 5.79. The van der Waals surface area contributed by atoms with Crippen LogP contribution in [0.4, 0.5) is 5.82 Å². The Labute approximate surface area is 137 Å². The third kappa shape index (κ3) is 2.15. The predicted molar refractivity (Wildman–Crippen MR) is 90.4 cm³/mol. The van der Waals surface area contributed by atoms with E-state index in [0.29, 0.717) is 16.7 Å². The average Bonchev–Trinajstić information content (AvgIpc) is 2.60. The number of hydrogen-bond acceptors (Lipinski definition) is 5. The van der Waals surface area contributed by atoms with Crippen LogP contribution >= 0.6 is 0 Å². The molecule has 0 aliphatic heterocycles. The van der Waals surface area contributed by atoms with Crippen LogP contribution in [0.1, 0.15) is 11.1 Å². The number of aromatic amines is 1. The van der Waals surface area contributed by atoms with Crippen molar-refractivity contribution in [3.05, 3.63) is 57.9 Å². The Kier molecular flexibility index (Phi) is 3.65. The third-order valence-corrected chi connectivity index (χ3v) is 3.82. The minimum absolute atomic E-state index is 0.0598. The molecule has 0 bridgehead atoms. The van der Waals surface area contributed by atoms with Crippen molar-refractivity contribution in [2.75, 3.05) is 12.8 Å². The van der Waals surface area contributed by atoms with E-state index >= 15 is 0 Å². The molecule has 116 valence electrons. The Balaban J connectivity index is 2.58. The van der Waals surface area contributed by atoms with Crippen LogP contribution in [-0.4, -0.2) is 12.1 Å². The van der Waals surface area contributed by atoms with E-state index in [2.05, 4.69) is 4.98 Å². The monoisotopic (exact) mass is 316 g/mol. The number of nitrogen functional groups attached to an aromatic ring is 1. The summed E-state index contributed by atoms with van der Waals surface area (Å²) in [7, 11) is 1.54. The summed E-state index contributed by atoms with van der Waals surface area (Å²) in [5, 5.41) is 20.5. The van der Waals surface area contributed by atoms with Crippen LogP contribution in [0.3, 0.4) is 0 Å². The number of pyridine rings is 1. The predicted octanol–water partition coefficient (Wildman–Crippen LogP) is 2.53. The summed E-state index contributed by atoms with van der Waals surface area (Å²) in [6.07, 6.45) is 0. The van der Waals surface area contributed by atoms with Crippen molar-refractivity contribution in [2.24, 2.45) is 0 Å². The fourth-order valence-electron chi connectivity index (χ4n) is 2.80. The number of ether oxygens (including phenoxy) is 1. The zero-order valence-electron chi connectivity index (χ0n) is 12.8. The number of nitriles is 2. The third-order valence-electron chi connectivity index (χ3n) is 3.82. The zero-order valence-corrected chi connectivity index (χ0v) is 12.8. The number of anilines is 1. The lowest BCUT2D eigenvalue weighted by molar-refractivity contribution is 0.420. The van der Waals surface area contributed by atoms with Crippen molar-refractivity contribution in [3.8, 4) is 29.0 Å². The first-order valence-electron chi connectivity index (χ1n) is 7.04. The quantitative estimate of drug-likeness (QED) is 0.753. The van der Waals surface area contributed by atoms with Crippen molar-refractivity contribution < 1.29 is 4.74 Å². The average molecular weight is 316 g/mol. The Morgan fingerprint density at radius 2 is 1.75 bits per heavy atom. The Morgan fingerprint density at radius 1 is 1.08 bits per heavy atom.